The standard InChI is InChI=1S/C16H25NOS2/c1-16(2,3)20-12-14-6-4-5-8-17(14)15(18)10-13-7-9-19-11-13/h7,9,11,14H,4-6,8,10,12H2,1-3H3/t14-/m1/s1. The number of thioether (sulfide) groups is 1. The molecule has 1 amide bonds. The van der Waals surface area contributed by atoms with E-state index in [1.165, 1.54) is 12.8 Å². The molecule has 0 bridgehead atoms. The van der Waals surface area contributed by atoms with Crippen LogP contribution in [0.15, 0.2) is 16.8 Å². The molecule has 2 heterocycles. The largest absolute Gasteiger partial charge is 0.339 e. The van der Waals surface area contributed by atoms with Gasteiger partial charge in [-0.25, -0.2) is 0 Å². The van der Waals surface area contributed by atoms with Crippen molar-refractivity contribution in [1.29, 1.82) is 0 Å². The van der Waals surface area contributed by atoms with E-state index in [-0.39, 0.29) is 4.75 Å². The zero-order chi connectivity index (χ0) is 14.6. The maximum absolute atomic E-state index is 12.5. The molecule has 1 fully saturated rings. The number of nitrogens with zero attached hydrogens (tertiary/aromatic N) is 1. The van der Waals surface area contributed by atoms with Crippen LogP contribution in [0.1, 0.15) is 45.6 Å². The fourth-order valence-corrected chi connectivity index (χ4v) is 4.23. The third-order valence-corrected chi connectivity index (χ3v) is 5.74. The minimum Gasteiger partial charge on any atom is -0.339 e. The van der Waals surface area contributed by atoms with Gasteiger partial charge in [0.1, 0.15) is 0 Å². The first-order chi connectivity index (χ1) is 9.46. The third kappa shape index (κ3) is 4.81. The van der Waals surface area contributed by atoms with E-state index in [4.69, 9.17) is 0 Å². The van der Waals surface area contributed by atoms with Crippen LogP contribution in [0.5, 0.6) is 0 Å². The molecule has 2 rings (SSSR count). The SMILES string of the molecule is CC(C)(C)SC[C@H]1CCCCN1C(=O)Cc1ccsc1. The molecule has 0 radical (unpaired) electrons. The molecule has 0 unspecified atom stereocenters. The molecule has 1 aliphatic rings. The van der Waals surface area contributed by atoms with E-state index in [1.54, 1.807) is 11.3 Å². The fourth-order valence-electron chi connectivity index (χ4n) is 2.52. The summed E-state index contributed by atoms with van der Waals surface area (Å²) in [4.78, 5) is 14.7. The summed E-state index contributed by atoms with van der Waals surface area (Å²) in [6, 6.07) is 2.49. The molecular weight excluding hydrogens is 286 g/mol. The summed E-state index contributed by atoms with van der Waals surface area (Å²) in [6.07, 6.45) is 4.16. The number of amides is 1. The minimum absolute atomic E-state index is 0.277. The molecule has 0 spiro atoms. The second kappa shape index (κ2) is 6.99. The van der Waals surface area contributed by atoms with Crippen molar-refractivity contribution in [2.24, 2.45) is 0 Å². The zero-order valence-electron chi connectivity index (χ0n) is 12.7. The van der Waals surface area contributed by atoms with Crippen molar-refractivity contribution >= 4 is 29.0 Å². The third-order valence-electron chi connectivity index (χ3n) is 3.59. The minimum atomic E-state index is 0.277. The van der Waals surface area contributed by atoms with Gasteiger partial charge in [-0.3, -0.25) is 4.79 Å². The first-order valence-electron chi connectivity index (χ1n) is 7.40. The van der Waals surface area contributed by atoms with E-state index in [1.807, 2.05) is 17.1 Å². The summed E-state index contributed by atoms with van der Waals surface area (Å²) in [5.41, 5.74) is 1.16. The van der Waals surface area contributed by atoms with Crippen LogP contribution < -0.4 is 0 Å². The Morgan fingerprint density at radius 2 is 2.25 bits per heavy atom. The second-order valence-corrected chi connectivity index (χ2v) is 9.10. The molecule has 0 N–H and O–H groups in total. The predicted octanol–water partition coefficient (Wildman–Crippen LogP) is 4.20. The molecule has 0 saturated carbocycles. The van der Waals surface area contributed by atoms with Crippen LogP contribution >= 0.6 is 23.1 Å². The highest BCUT2D eigenvalue weighted by Gasteiger charge is 2.27. The summed E-state index contributed by atoms with van der Waals surface area (Å²) in [6.45, 7) is 7.69. The summed E-state index contributed by atoms with van der Waals surface area (Å²) in [5.74, 6) is 1.38. The fraction of sp³-hybridized carbons (Fsp3) is 0.688. The van der Waals surface area contributed by atoms with E-state index >= 15 is 0 Å². The van der Waals surface area contributed by atoms with E-state index < -0.39 is 0 Å². The highest BCUT2D eigenvalue weighted by Crippen LogP contribution is 2.28. The lowest BCUT2D eigenvalue weighted by Crippen LogP contribution is -2.46. The maximum Gasteiger partial charge on any atom is 0.227 e. The average Bonchev–Trinajstić information content (AvgIpc) is 2.88. The van der Waals surface area contributed by atoms with Gasteiger partial charge in [0.15, 0.2) is 0 Å². The Labute approximate surface area is 130 Å². The van der Waals surface area contributed by atoms with Gasteiger partial charge in [0.2, 0.25) is 5.91 Å². The topological polar surface area (TPSA) is 20.3 Å². The molecule has 20 heavy (non-hydrogen) atoms. The summed E-state index contributed by atoms with van der Waals surface area (Å²) >= 11 is 3.65. The normalized spacial score (nSPS) is 20.1. The number of piperidine rings is 1. The maximum atomic E-state index is 12.5. The lowest BCUT2D eigenvalue weighted by atomic mass is 10.0. The zero-order valence-corrected chi connectivity index (χ0v) is 14.4. The highest BCUT2D eigenvalue weighted by atomic mass is 32.2. The van der Waals surface area contributed by atoms with Crippen LogP contribution in [-0.4, -0.2) is 33.9 Å². The number of hydrogen-bond donors (Lipinski definition) is 0. The first-order valence-corrected chi connectivity index (χ1v) is 9.33. The van der Waals surface area contributed by atoms with Gasteiger partial charge < -0.3 is 4.90 Å². The van der Waals surface area contributed by atoms with Crippen molar-refractivity contribution in [3.05, 3.63) is 22.4 Å². The lowest BCUT2D eigenvalue weighted by molar-refractivity contribution is -0.133. The molecule has 1 saturated heterocycles. The van der Waals surface area contributed by atoms with Gasteiger partial charge in [-0.2, -0.15) is 23.1 Å². The van der Waals surface area contributed by atoms with Gasteiger partial charge >= 0.3 is 0 Å². The second-order valence-electron chi connectivity index (χ2n) is 6.47. The van der Waals surface area contributed by atoms with E-state index in [9.17, 15) is 4.79 Å². The summed E-state index contributed by atoms with van der Waals surface area (Å²) in [7, 11) is 0. The summed E-state index contributed by atoms with van der Waals surface area (Å²) in [5, 5.41) is 4.13. The molecular formula is C16H25NOS2. The quantitative estimate of drug-likeness (QED) is 0.830. The van der Waals surface area contributed by atoms with Crippen LogP contribution in [0.4, 0.5) is 0 Å². The smallest absolute Gasteiger partial charge is 0.227 e. The molecule has 4 heteroatoms. The van der Waals surface area contributed by atoms with Crippen LogP contribution in [0.2, 0.25) is 0 Å². The van der Waals surface area contributed by atoms with Crippen molar-refractivity contribution in [2.45, 2.75) is 57.2 Å². The monoisotopic (exact) mass is 311 g/mol. The first kappa shape index (κ1) is 15.9. The van der Waals surface area contributed by atoms with E-state index in [0.717, 1.165) is 24.3 Å². The molecule has 1 aliphatic heterocycles. The Hall–Kier alpha value is -0.480. The lowest BCUT2D eigenvalue weighted by Gasteiger charge is -2.37. The Morgan fingerprint density at radius 3 is 2.90 bits per heavy atom. The van der Waals surface area contributed by atoms with Crippen molar-refractivity contribution < 1.29 is 4.79 Å². The van der Waals surface area contributed by atoms with E-state index in [0.29, 0.717) is 18.4 Å². The molecule has 2 nitrogen and oxygen atoms in total. The van der Waals surface area contributed by atoms with Crippen molar-refractivity contribution in [3.63, 3.8) is 0 Å². The molecule has 1 atom stereocenters. The number of carbonyl (C=O) groups excluding carboxylic acids is 1. The predicted molar refractivity (Wildman–Crippen MR) is 89.6 cm³/mol. The van der Waals surface area contributed by atoms with Gasteiger partial charge in [0.05, 0.1) is 6.42 Å². The van der Waals surface area contributed by atoms with Crippen LogP contribution in [-0.2, 0) is 11.2 Å². The Morgan fingerprint density at radius 1 is 1.45 bits per heavy atom. The number of likely N-dealkylation sites (tertiary alicyclic amines) is 1. The molecule has 1 aromatic rings. The molecule has 0 aliphatic carbocycles. The van der Waals surface area contributed by atoms with Gasteiger partial charge in [-0.05, 0) is 41.7 Å². The van der Waals surface area contributed by atoms with Crippen molar-refractivity contribution in [2.75, 3.05) is 12.3 Å². The number of rotatable bonds is 4. The van der Waals surface area contributed by atoms with Gasteiger partial charge in [0, 0.05) is 23.1 Å². The highest BCUT2D eigenvalue weighted by molar-refractivity contribution is 8.00. The summed E-state index contributed by atoms with van der Waals surface area (Å²) < 4.78 is 0.277. The van der Waals surface area contributed by atoms with Crippen molar-refractivity contribution in [3.8, 4) is 0 Å². The van der Waals surface area contributed by atoms with Crippen LogP contribution in [0, 0.1) is 0 Å². The number of hydrogen-bond acceptors (Lipinski definition) is 3. The van der Waals surface area contributed by atoms with Gasteiger partial charge in [-0.15, -0.1) is 0 Å². The van der Waals surface area contributed by atoms with Crippen LogP contribution in [0.25, 0.3) is 0 Å². The average molecular weight is 312 g/mol. The Kier molecular flexibility index (Phi) is 5.56. The number of carbonyl (C=O) groups is 1. The molecule has 1 aromatic heterocycles. The van der Waals surface area contributed by atoms with Crippen LogP contribution in [0.3, 0.4) is 0 Å². The Bertz CT molecular complexity index is 422. The van der Waals surface area contributed by atoms with Gasteiger partial charge in [0.25, 0.3) is 0 Å². The van der Waals surface area contributed by atoms with Gasteiger partial charge in [-0.1, -0.05) is 20.8 Å². The Balaban J connectivity index is 1.93. The molecule has 112 valence electrons. The number of thiophene rings is 1. The molecule has 0 aromatic carbocycles. The van der Waals surface area contributed by atoms with Crippen molar-refractivity contribution in [1.82, 2.24) is 4.90 Å². The van der Waals surface area contributed by atoms with E-state index in [2.05, 4.69) is 37.1 Å².